The first kappa shape index (κ1) is 17.0. The van der Waals surface area contributed by atoms with E-state index in [4.69, 9.17) is 0 Å². The third-order valence-electron chi connectivity index (χ3n) is 4.76. The molecule has 2 amide bonds. The fourth-order valence-electron chi connectivity index (χ4n) is 3.37. The van der Waals surface area contributed by atoms with Gasteiger partial charge in [0.15, 0.2) is 5.82 Å². The zero-order chi connectivity index (χ0) is 17.2. The Balaban J connectivity index is 1.57. The van der Waals surface area contributed by atoms with Gasteiger partial charge in [-0.2, -0.15) is 13.2 Å². The molecule has 0 aliphatic carbocycles. The third-order valence-corrected chi connectivity index (χ3v) is 4.76. The summed E-state index contributed by atoms with van der Waals surface area (Å²) in [6.45, 7) is 1.11. The molecule has 9 heteroatoms. The van der Waals surface area contributed by atoms with E-state index in [1.54, 1.807) is 0 Å². The summed E-state index contributed by atoms with van der Waals surface area (Å²) in [6.07, 6.45) is 0.358. The van der Waals surface area contributed by atoms with Gasteiger partial charge in [0.2, 0.25) is 0 Å². The van der Waals surface area contributed by atoms with Crippen LogP contribution < -0.4 is 5.32 Å². The molecule has 0 saturated carbocycles. The normalized spacial score (nSPS) is 22.0. The van der Waals surface area contributed by atoms with Gasteiger partial charge in [0.25, 0.3) is 0 Å². The number of hydrogen-bond acceptors (Lipinski definition) is 3. The van der Waals surface area contributed by atoms with E-state index < -0.39 is 18.1 Å². The summed E-state index contributed by atoms with van der Waals surface area (Å²) >= 11 is 0. The second kappa shape index (κ2) is 6.98. The van der Waals surface area contributed by atoms with Gasteiger partial charge in [0, 0.05) is 26.1 Å². The van der Waals surface area contributed by atoms with E-state index in [1.807, 2.05) is 4.57 Å². The fourth-order valence-corrected chi connectivity index (χ4v) is 3.37. The van der Waals surface area contributed by atoms with Crippen LogP contribution in [0.15, 0.2) is 0 Å². The Morgan fingerprint density at radius 1 is 1.17 bits per heavy atom. The Morgan fingerprint density at radius 2 is 2.00 bits per heavy atom. The number of alkyl halides is 3. The maximum absolute atomic E-state index is 12.8. The lowest BCUT2D eigenvalue weighted by atomic mass is 9.98. The summed E-state index contributed by atoms with van der Waals surface area (Å²) in [6, 6.07) is -0.463. The van der Waals surface area contributed by atoms with Crippen molar-refractivity contribution < 1.29 is 18.0 Å². The molecule has 2 aliphatic rings. The quantitative estimate of drug-likeness (QED) is 0.896. The summed E-state index contributed by atoms with van der Waals surface area (Å²) in [5.74, 6) is 0.165. The SMILES string of the molecule is O=C(NCc1nnc2n1CCCCC2)N1CCC[C@H](C(F)(F)F)C1. The number of hydrogen-bond donors (Lipinski definition) is 1. The topological polar surface area (TPSA) is 63.1 Å². The number of carbonyl (C=O) groups excluding carboxylic acids is 1. The van der Waals surface area contributed by atoms with Crippen molar-refractivity contribution in [2.45, 2.75) is 57.8 Å². The molecule has 0 aromatic carbocycles. The fraction of sp³-hybridized carbons (Fsp3) is 0.800. The lowest BCUT2D eigenvalue weighted by Gasteiger charge is -2.33. The average Bonchev–Trinajstić information content (AvgIpc) is 2.78. The molecule has 1 aromatic heterocycles. The first-order chi connectivity index (χ1) is 11.4. The molecular weight excluding hydrogens is 323 g/mol. The Morgan fingerprint density at radius 3 is 2.79 bits per heavy atom. The van der Waals surface area contributed by atoms with E-state index in [2.05, 4.69) is 15.5 Å². The molecule has 3 rings (SSSR count). The number of nitrogens with one attached hydrogen (secondary N) is 1. The lowest BCUT2D eigenvalue weighted by molar-refractivity contribution is -0.184. The van der Waals surface area contributed by atoms with Crippen molar-refractivity contribution in [3.8, 4) is 0 Å². The first-order valence-electron chi connectivity index (χ1n) is 8.45. The highest BCUT2D eigenvalue weighted by Gasteiger charge is 2.42. The van der Waals surface area contributed by atoms with Crippen molar-refractivity contribution >= 4 is 6.03 Å². The van der Waals surface area contributed by atoms with Crippen LogP contribution in [0.1, 0.15) is 43.8 Å². The van der Waals surface area contributed by atoms with Crippen LogP contribution in [-0.2, 0) is 19.5 Å². The van der Waals surface area contributed by atoms with Crippen molar-refractivity contribution in [2.75, 3.05) is 13.1 Å². The maximum Gasteiger partial charge on any atom is 0.393 e. The van der Waals surface area contributed by atoms with Gasteiger partial charge < -0.3 is 14.8 Å². The molecule has 0 radical (unpaired) electrons. The van der Waals surface area contributed by atoms with Gasteiger partial charge in [-0.15, -0.1) is 10.2 Å². The number of rotatable bonds is 2. The van der Waals surface area contributed by atoms with E-state index in [1.165, 1.54) is 4.90 Å². The van der Waals surface area contributed by atoms with E-state index in [9.17, 15) is 18.0 Å². The second-order valence-electron chi connectivity index (χ2n) is 6.48. The minimum atomic E-state index is -4.25. The number of piperidine rings is 1. The van der Waals surface area contributed by atoms with E-state index in [0.717, 1.165) is 38.1 Å². The second-order valence-corrected chi connectivity index (χ2v) is 6.48. The molecule has 1 saturated heterocycles. The van der Waals surface area contributed by atoms with Gasteiger partial charge in [-0.1, -0.05) is 6.42 Å². The zero-order valence-corrected chi connectivity index (χ0v) is 13.5. The highest BCUT2D eigenvalue weighted by molar-refractivity contribution is 5.74. The van der Waals surface area contributed by atoms with Crippen molar-refractivity contribution in [3.63, 3.8) is 0 Å². The molecule has 1 atom stereocenters. The number of nitrogens with zero attached hydrogens (tertiary/aromatic N) is 4. The largest absolute Gasteiger partial charge is 0.393 e. The van der Waals surface area contributed by atoms with Crippen LogP contribution in [-0.4, -0.2) is 45.0 Å². The number of halogens is 3. The van der Waals surface area contributed by atoms with Crippen molar-refractivity contribution in [2.24, 2.45) is 5.92 Å². The summed E-state index contributed by atoms with van der Waals surface area (Å²) < 4.78 is 40.5. The number of aryl methyl sites for hydroxylation is 1. The molecule has 0 bridgehead atoms. The monoisotopic (exact) mass is 345 g/mol. The molecule has 2 aliphatic heterocycles. The van der Waals surface area contributed by atoms with Gasteiger partial charge in [-0.3, -0.25) is 0 Å². The summed E-state index contributed by atoms with van der Waals surface area (Å²) in [7, 11) is 0. The minimum Gasteiger partial charge on any atom is -0.331 e. The molecule has 134 valence electrons. The van der Waals surface area contributed by atoms with Crippen LogP contribution in [0.25, 0.3) is 0 Å². The highest BCUT2D eigenvalue weighted by atomic mass is 19.4. The molecule has 6 nitrogen and oxygen atoms in total. The highest BCUT2D eigenvalue weighted by Crippen LogP contribution is 2.33. The average molecular weight is 345 g/mol. The lowest BCUT2D eigenvalue weighted by Crippen LogP contribution is -2.48. The summed E-state index contributed by atoms with van der Waals surface area (Å²) in [5.41, 5.74) is 0. The van der Waals surface area contributed by atoms with Crippen molar-refractivity contribution in [3.05, 3.63) is 11.6 Å². The molecule has 1 fully saturated rings. The molecule has 0 unspecified atom stereocenters. The summed E-state index contributed by atoms with van der Waals surface area (Å²) in [5, 5.41) is 11.0. The van der Waals surface area contributed by atoms with Crippen LogP contribution in [0.5, 0.6) is 0 Å². The molecule has 1 aromatic rings. The first-order valence-corrected chi connectivity index (χ1v) is 8.45. The Hall–Kier alpha value is -1.80. The number of likely N-dealkylation sites (tertiary alicyclic amines) is 1. The van der Waals surface area contributed by atoms with Gasteiger partial charge in [0.1, 0.15) is 5.82 Å². The predicted molar refractivity (Wildman–Crippen MR) is 80.2 cm³/mol. The number of fused-ring (bicyclic) bond motifs is 1. The predicted octanol–water partition coefficient (Wildman–Crippen LogP) is 2.49. The number of carbonyl (C=O) groups is 1. The molecular formula is C15H22F3N5O. The Labute approximate surface area is 138 Å². The third kappa shape index (κ3) is 3.81. The molecule has 24 heavy (non-hydrogen) atoms. The number of aromatic nitrogens is 3. The summed E-state index contributed by atoms with van der Waals surface area (Å²) in [4.78, 5) is 13.4. The zero-order valence-electron chi connectivity index (χ0n) is 13.5. The smallest absolute Gasteiger partial charge is 0.331 e. The Kier molecular flexibility index (Phi) is 4.96. The van der Waals surface area contributed by atoms with Crippen LogP contribution >= 0.6 is 0 Å². The van der Waals surface area contributed by atoms with Gasteiger partial charge in [0.05, 0.1) is 12.5 Å². The number of amides is 2. The van der Waals surface area contributed by atoms with Crippen molar-refractivity contribution in [1.82, 2.24) is 25.0 Å². The van der Waals surface area contributed by atoms with Gasteiger partial charge in [-0.05, 0) is 25.7 Å². The standard InChI is InChI=1S/C15H22F3N5O/c16-15(17,18)11-5-4-7-22(10-11)14(24)19-9-13-21-20-12-6-2-1-3-8-23(12)13/h11H,1-10H2,(H,19,24)/t11-/m0/s1. The molecule has 0 spiro atoms. The van der Waals surface area contributed by atoms with Crippen LogP contribution in [0, 0.1) is 5.92 Å². The van der Waals surface area contributed by atoms with Crippen LogP contribution in [0.3, 0.4) is 0 Å². The van der Waals surface area contributed by atoms with Crippen LogP contribution in [0.4, 0.5) is 18.0 Å². The maximum atomic E-state index is 12.8. The minimum absolute atomic E-state index is 0.0883. The van der Waals surface area contributed by atoms with Crippen molar-refractivity contribution in [1.29, 1.82) is 0 Å². The molecule has 1 N–H and O–H groups in total. The van der Waals surface area contributed by atoms with Crippen LogP contribution in [0.2, 0.25) is 0 Å². The van der Waals surface area contributed by atoms with Gasteiger partial charge in [-0.25, -0.2) is 4.79 Å². The van der Waals surface area contributed by atoms with Gasteiger partial charge >= 0.3 is 12.2 Å². The Bertz CT molecular complexity index is 586. The van der Waals surface area contributed by atoms with E-state index in [0.29, 0.717) is 18.8 Å². The van der Waals surface area contributed by atoms with E-state index >= 15 is 0 Å². The van der Waals surface area contributed by atoms with E-state index in [-0.39, 0.29) is 19.5 Å². The molecule has 3 heterocycles. The number of urea groups is 1.